The van der Waals surface area contributed by atoms with Gasteiger partial charge in [0.15, 0.2) is 0 Å². The molecule has 2 aromatic rings. The number of anilines is 2. The third-order valence-electron chi connectivity index (χ3n) is 2.88. The Morgan fingerprint density at radius 3 is 2.67 bits per heavy atom. The molecule has 0 aliphatic rings. The lowest BCUT2D eigenvalue weighted by Crippen LogP contribution is -2.31. The molecule has 8 heteroatoms. The molecule has 0 saturated carbocycles. The van der Waals surface area contributed by atoms with E-state index in [2.05, 4.69) is 15.3 Å². The van der Waals surface area contributed by atoms with Crippen molar-refractivity contribution in [3.63, 3.8) is 0 Å². The fraction of sp³-hybridized carbons (Fsp3) is 0.154. The highest BCUT2D eigenvalue weighted by molar-refractivity contribution is 5.98. The summed E-state index contributed by atoms with van der Waals surface area (Å²) in [5, 5.41) is 12.5. The lowest BCUT2D eigenvalue weighted by molar-refractivity contribution is 0.0953. The summed E-state index contributed by atoms with van der Waals surface area (Å²) in [6.07, 6.45) is 1.27. The van der Waals surface area contributed by atoms with E-state index in [1.54, 1.807) is 0 Å². The van der Waals surface area contributed by atoms with Crippen molar-refractivity contribution >= 4 is 17.7 Å². The molecule has 7 N–H and O–H groups in total. The lowest BCUT2D eigenvalue weighted by atomic mass is 10.1. The van der Waals surface area contributed by atoms with Crippen LogP contribution >= 0.6 is 0 Å². The standard InChI is InChI=1S/C13H16N6O2/c14-13-16-6-9(12(21)19-15)11(18-13)17-10(7-20)8-4-2-1-3-5-8/h1-6,10,20H,7,15H2,(H,19,21)(H3,14,16,17,18)/t10-/m1/s1. The predicted octanol–water partition coefficient (Wildman–Crippen LogP) is -0.192. The van der Waals surface area contributed by atoms with E-state index >= 15 is 0 Å². The number of nitrogens with two attached hydrogens (primary N) is 2. The molecule has 2 rings (SSSR count). The lowest BCUT2D eigenvalue weighted by Gasteiger charge is -2.19. The van der Waals surface area contributed by atoms with Crippen molar-refractivity contribution in [2.45, 2.75) is 6.04 Å². The minimum Gasteiger partial charge on any atom is -0.394 e. The van der Waals surface area contributed by atoms with E-state index in [9.17, 15) is 9.90 Å². The molecule has 0 fully saturated rings. The first kappa shape index (κ1) is 14.7. The number of aliphatic hydroxyl groups is 1. The van der Waals surface area contributed by atoms with E-state index in [4.69, 9.17) is 11.6 Å². The molecule has 0 unspecified atom stereocenters. The van der Waals surface area contributed by atoms with Crippen LogP contribution in [0, 0.1) is 0 Å². The molecule has 8 nitrogen and oxygen atoms in total. The Morgan fingerprint density at radius 2 is 2.05 bits per heavy atom. The van der Waals surface area contributed by atoms with Gasteiger partial charge in [-0.1, -0.05) is 30.3 Å². The molecule has 1 aromatic carbocycles. The smallest absolute Gasteiger partial charge is 0.270 e. The van der Waals surface area contributed by atoms with E-state index in [1.165, 1.54) is 6.20 Å². The summed E-state index contributed by atoms with van der Waals surface area (Å²) in [5.74, 6) is 4.78. The van der Waals surface area contributed by atoms with Gasteiger partial charge in [0.1, 0.15) is 11.4 Å². The first-order chi connectivity index (χ1) is 10.2. The molecular formula is C13H16N6O2. The van der Waals surface area contributed by atoms with Crippen LogP contribution in [0.4, 0.5) is 11.8 Å². The monoisotopic (exact) mass is 288 g/mol. The van der Waals surface area contributed by atoms with Crippen LogP contribution in [-0.2, 0) is 0 Å². The Hall–Kier alpha value is -2.71. The molecule has 0 saturated heterocycles. The number of carbonyl (C=O) groups excluding carboxylic acids is 1. The van der Waals surface area contributed by atoms with Gasteiger partial charge in [0.2, 0.25) is 5.95 Å². The Kier molecular flexibility index (Phi) is 4.64. The van der Waals surface area contributed by atoms with Crippen molar-refractivity contribution in [2.24, 2.45) is 5.84 Å². The average molecular weight is 288 g/mol. The molecule has 0 spiro atoms. The van der Waals surface area contributed by atoms with E-state index < -0.39 is 11.9 Å². The maximum atomic E-state index is 11.7. The quantitative estimate of drug-likeness (QED) is 0.292. The van der Waals surface area contributed by atoms with Crippen LogP contribution in [0.25, 0.3) is 0 Å². The number of amides is 1. The SMILES string of the molecule is NNC(=O)c1cnc(N)nc1N[C@H](CO)c1ccccc1. The Bertz CT molecular complexity index is 619. The molecule has 0 radical (unpaired) electrons. The van der Waals surface area contributed by atoms with Crippen LogP contribution in [0.2, 0.25) is 0 Å². The number of hydrogen-bond acceptors (Lipinski definition) is 7. The van der Waals surface area contributed by atoms with Gasteiger partial charge in [0.05, 0.1) is 12.6 Å². The van der Waals surface area contributed by atoms with E-state index in [1.807, 2.05) is 35.8 Å². The number of hydrazine groups is 1. The van der Waals surface area contributed by atoms with Gasteiger partial charge in [0, 0.05) is 6.20 Å². The summed E-state index contributed by atoms with van der Waals surface area (Å²) in [6, 6.07) is 8.82. The molecule has 1 aromatic heterocycles. The number of aliphatic hydroxyl groups excluding tert-OH is 1. The van der Waals surface area contributed by atoms with Crippen molar-refractivity contribution in [2.75, 3.05) is 17.7 Å². The number of rotatable bonds is 5. The summed E-state index contributed by atoms with van der Waals surface area (Å²) in [4.78, 5) is 19.4. The molecule has 0 aliphatic carbocycles. The second kappa shape index (κ2) is 6.64. The van der Waals surface area contributed by atoms with Gasteiger partial charge in [-0.05, 0) is 5.56 Å². The fourth-order valence-corrected chi connectivity index (χ4v) is 1.83. The van der Waals surface area contributed by atoms with E-state index in [-0.39, 0.29) is 23.9 Å². The van der Waals surface area contributed by atoms with Crippen LogP contribution in [0.5, 0.6) is 0 Å². The van der Waals surface area contributed by atoms with Gasteiger partial charge in [-0.25, -0.2) is 10.8 Å². The zero-order chi connectivity index (χ0) is 15.2. The van der Waals surface area contributed by atoms with Crippen LogP contribution in [0.1, 0.15) is 22.0 Å². The summed E-state index contributed by atoms with van der Waals surface area (Å²) < 4.78 is 0. The fourth-order valence-electron chi connectivity index (χ4n) is 1.83. The second-order valence-corrected chi connectivity index (χ2v) is 4.25. The molecule has 0 aliphatic heterocycles. The number of nitrogens with zero attached hydrogens (tertiary/aromatic N) is 2. The topological polar surface area (TPSA) is 139 Å². The zero-order valence-electron chi connectivity index (χ0n) is 11.2. The van der Waals surface area contributed by atoms with Gasteiger partial charge < -0.3 is 16.2 Å². The Balaban J connectivity index is 2.33. The van der Waals surface area contributed by atoms with Crippen LogP contribution in [0.3, 0.4) is 0 Å². The van der Waals surface area contributed by atoms with E-state index in [0.717, 1.165) is 5.56 Å². The second-order valence-electron chi connectivity index (χ2n) is 4.25. The molecule has 0 bridgehead atoms. The van der Waals surface area contributed by atoms with Gasteiger partial charge in [0.25, 0.3) is 5.91 Å². The normalized spacial score (nSPS) is 11.7. The predicted molar refractivity (Wildman–Crippen MR) is 78.0 cm³/mol. The van der Waals surface area contributed by atoms with Crippen LogP contribution in [0.15, 0.2) is 36.5 Å². The number of nitrogen functional groups attached to an aromatic ring is 2. The largest absolute Gasteiger partial charge is 0.394 e. The number of nitrogens with one attached hydrogen (secondary N) is 2. The highest BCUT2D eigenvalue weighted by atomic mass is 16.3. The number of hydrogen-bond donors (Lipinski definition) is 5. The molecule has 1 amide bonds. The Labute approximate surface area is 121 Å². The molecule has 21 heavy (non-hydrogen) atoms. The molecule has 110 valence electrons. The Morgan fingerprint density at radius 1 is 1.33 bits per heavy atom. The number of aromatic nitrogens is 2. The maximum Gasteiger partial charge on any atom is 0.270 e. The molecular weight excluding hydrogens is 272 g/mol. The van der Waals surface area contributed by atoms with Crippen molar-refractivity contribution in [1.29, 1.82) is 0 Å². The number of carbonyl (C=O) groups is 1. The summed E-state index contributed by atoms with van der Waals surface area (Å²) in [5.41, 5.74) is 8.53. The first-order valence-electron chi connectivity index (χ1n) is 6.21. The summed E-state index contributed by atoms with van der Waals surface area (Å²) in [6.45, 7) is -0.183. The van der Waals surface area contributed by atoms with Crippen molar-refractivity contribution < 1.29 is 9.90 Å². The number of benzene rings is 1. The molecule has 1 atom stereocenters. The van der Waals surface area contributed by atoms with E-state index in [0.29, 0.717) is 0 Å². The van der Waals surface area contributed by atoms with Crippen LogP contribution in [-0.4, -0.2) is 27.6 Å². The van der Waals surface area contributed by atoms with Crippen molar-refractivity contribution in [1.82, 2.24) is 15.4 Å². The third-order valence-corrected chi connectivity index (χ3v) is 2.88. The summed E-state index contributed by atoms with van der Waals surface area (Å²) >= 11 is 0. The average Bonchev–Trinajstić information content (AvgIpc) is 2.53. The van der Waals surface area contributed by atoms with Gasteiger partial charge in [-0.15, -0.1) is 0 Å². The minimum absolute atomic E-state index is 0.0100. The van der Waals surface area contributed by atoms with Gasteiger partial charge >= 0.3 is 0 Å². The van der Waals surface area contributed by atoms with Gasteiger partial charge in [-0.2, -0.15) is 4.98 Å². The maximum absolute atomic E-state index is 11.7. The molecule has 1 heterocycles. The van der Waals surface area contributed by atoms with Crippen LogP contribution < -0.4 is 22.3 Å². The summed E-state index contributed by atoms with van der Waals surface area (Å²) in [7, 11) is 0. The minimum atomic E-state index is -0.553. The zero-order valence-corrected chi connectivity index (χ0v) is 11.2. The first-order valence-corrected chi connectivity index (χ1v) is 6.21. The third kappa shape index (κ3) is 3.44. The highest BCUT2D eigenvalue weighted by Crippen LogP contribution is 2.21. The highest BCUT2D eigenvalue weighted by Gasteiger charge is 2.17. The van der Waals surface area contributed by atoms with Gasteiger partial charge in [-0.3, -0.25) is 10.2 Å². The van der Waals surface area contributed by atoms with Crippen molar-refractivity contribution in [3.05, 3.63) is 47.7 Å². The van der Waals surface area contributed by atoms with Crippen molar-refractivity contribution in [3.8, 4) is 0 Å².